The molecule has 0 radical (unpaired) electrons. The van der Waals surface area contributed by atoms with Crippen LogP contribution in [-0.4, -0.2) is 0 Å². The van der Waals surface area contributed by atoms with Crippen molar-refractivity contribution >= 4 is 0 Å². The van der Waals surface area contributed by atoms with Gasteiger partial charge in [-0.3, -0.25) is 0 Å². The molecule has 11 heavy (non-hydrogen) atoms. The first-order valence-electron chi connectivity index (χ1n) is 3.69. The Bertz CT molecular complexity index is 233. The van der Waals surface area contributed by atoms with Crippen LogP contribution in [0.25, 0.3) is 0 Å². The van der Waals surface area contributed by atoms with E-state index in [4.69, 9.17) is 11.5 Å². The van der Waals surface area contributed by atoms with Crippen LogP contribution >= 0.6 is 0 Å². The highest BCUT2D eigenvalue weighted by molar-refractivity contribution is 5.29. The zero-order chi connectivity index (χ0) is 8.43. The standard InChI is InChI=1S/C9H14N2/c1-6-3-7(2)5-8(4-6)9(10)11/h3-5,9H,10-11H2,1-2H3. The van der Waals surface area contributed by atoms with E-state index in [2.05, 4.69) is 6.07 Å². The molecule has 0 fully saturated rings. The lowest BCUT2D eigenvalue weighted by atomic mass is 10.1. The Balaban J connectivity index is 3.08. The molecule has 0 spiro atoms. The maximum absolute atomic E-state index is 5.53. The minimum atomic E-state index is -0.353. The van der Waals surface area contributed by atoms with Crippen LogP contribution in [0, 0.1) is 13.8 Å². The molecule has 0 heterocycles. The van der Waals surface area contributed by atoms with Gasteiger partial charge in [-0.1, -0.05) is 29.3 Å². The van der Waals surface area contributed by atoms with Gasteiger partial charge < -0.3 is 11.5 Å². The van der Waals surface area contributed by atoms with E-state index in [1.54, 1.807) is 0 Å². The number of hydrogen-bond acceptors (Lipinski definition) is 2. The largest absolute Gasteiger partial charge is 0.312 e. The van der Waals surface area contributed by atoms with E-state index < -0.39 is 0 Å². The maximum atomic E-state index is 5.53. The van der Waals surface area contributed by atoms with Gasteiger partial charge in [0.25, 0.3) is 0 Å². The second-order valence-electron chi connectivity index (χ2n) is 2.95. The zero-order valence-electron chi connectivity index (χ0n) is 6.96. The summed E-state index contributed by atoms with van der Waals surface area (Å²) < 4.78 is 0. The van der Waals surface area contributed by atoms with Gasteiger partial charge in [-0.2, -0.15) is 0 Å². The normalized spacial score (nSPS) is 10.6. The number of aryl methyl sites for hydroxylation is 2. The molecular weight excluding hydrogens is 136 g/mol. The van der Waals surface area contributed by atoms with Gasteiger partial charge in [-0.25, -0.2) is 0 Å². The first kappa shape index (κ1) is 8.24. The molecule has 0 saturated heterocycles. The number of nitrogens with two attached hydrogens (primary N) is 2. The monoisotopic (exact) mass is 150 g/mol. The highest BCUT2D eigenvalue weighted by Gasteiger charge is 1.99. The van der Waals surface area contributed by atoms with Gasteiger partial charge in [0.05, 0.1) is 6.17 Å². The summed E-state index contributed by atoms with van der Waals surface area (Å²) in [6, 6.07) is 6.13. The third kappa shape index (κ3) is 2.03. The molecule has 1 rings (SSSR count). The molecule has 4 N–H and O–H groups in total. The molecule has 1 aromatic rings. The van der Waals surface area contributed by atoms with Gasteiger partial charge in [0, 0.05) is 0 Å². The summed E-state index contributed by atoms with van der Waals surface area (Å²) in [5.41, 5.74) is 14.5. The van der Waals surface area contributed by atoms with Crippen LogP contribution in [-0.2, 0) is 0 Å². The predicted octanol–water partition coefficient (Wildman–Crippen LogP) is 1.22. The third-order valence-electron chi connectivity index (χ3n) is 1.63. The summed E-state index contributed by atoms with van der Waals surface area (Å²) in [5, 5.41) is 0. The van der Waals surface area contributed by atoms with E-state index >= 15 is 0 Å². The smallest absolute Gasteiger partial charge is 0.0784 e. The van der Waals surface area contributed by atoms with Gasteiger partial charge in [0.2, 0.25) is 0 Å². The van der Waals surface area contributed by atoms with Crippen LogP contribution in [0.3, 0.4) is 0 Å². The fourth-order valence-electron chi connectivity index (χ4n) is 1.20. The molecule has 0 bridgehead atoms. The molecule has 0 atom stereocenters. The lowest BCUT2D eigenvalue weighted by molar-refractivity contribution is 0.771. The van der Waals surface area contributed by atoms with Crippen LogP contribution < -0.4 is 11.5 Å². The summed E-state index contributed by atoms with van der Waals surface area (Å²) in [6.45, 7) is 4.08. The number of hydrogen-bond donors (Lipinski definition) is 2. The Morgan fingerprint density at radius 3 is 1.82 bits per heavy atom. The summed E-state index contributed by atoms with van der Waals surface area (Å²) >= 11 is 0. The van der Waals surface area contributed by atoms with E-state index in [-0.39, 0.29) is 6.17 Å². The van der Waals surface area contributed by atoms with Crippen molar-refractivity contribution in [1.29, 1.82) is 0 Å². The highest BCUT2D eigenvalue weighted by atomic mass is 14.8. The second-order valence-corrected chi connectivity index (χ2v) is 2.95. The van der Waals surface area contributed by atoms with Crippen molar-refractivity contribution in [2.75, 3.05) is 0 Å². The first-order chi connectivity index (χ1) is 5.09. The van der Waals surface area contributed by atoms with E-state index in [0.717, 1.165) is 5.56 Å². The third-order valence-corrected chi connectivity index (χ3v) is 1.63. The van der Waals surface area contributed by atoms with E-state index in [1.807, 2.05) is 26.0 Å². The quantitative estimate of drug-likeness (QED) is 0.591. The summed E-state index contributed by atoms with van der Waals surface area (Å²) in [6.07, 6.45) is -0.353. The second kappa shape index (κ2) is 3.03. The molecule has 60 valence electrons. The van der Waals surface area contributed by atoms with Crippen LogP contribution in [0.4, 0.5) is 0 Å². The highest BCUT2D eigenvalue weighted by Crippen LogP contribution is 2.11. The molecule has 0 amide bonds. The van der Waals surface area contributed by atoms with Gasteiger partial charge in [0.1, 0.15) is 0 Å². The van der Waals surface area contributed by atoms with E-state index in [0.29, 0.717) is 0 Å². The fourth-order valence-corrected chi connectivity index (χ4v) is 1.20. The number of benzene rings is 1. The number of rotatable bonds is 1. The Labute approximate surface area is 67.2 Å². The van der Waals surface area contributed by atoms with Crippen molar-refractivity contribution in [1.82, 2.24) is 0 Å². The van der Waals surface area contributed by atoms with Crippen LogP contribution in [0.1, 0.15) is 22.9 Å². The molecule has 1 aromatic carbocycles. The summed E-state index contributed by atoms with van der Waals surface area (Å²) in [5.74, 6) is 0. The fraction of sp³-hybridized carbons (Fsp3) is 0.333. The Kier molecular flexibility index (Phi) is 2.27. The van der Waals surface area contributed by atoms with Gasteiger partial charge in [-0.05, 0) is 19.4 Å². The van der Waals surface area contributed by atoms with Gasteiger partial charge >= 0.3 is 0 Å². The first-order valence-corrected chi connectivity index (χ1v) is 3.69. The van der Waals surface area contributed by atoms with Gasteiger partial charge in [0.15, 0.2) is 0 Å². The zero-order valence-corrected chi connectivity index (χ0v) is 6.96. The SMILES string of the molecule is Cc1cc(C)cc(C(N)N)c1. The molecule has 0 aliphatic rings. The molecular formula is C9H14N2. The molecule has 0 saturated carbocycles. The van der Waals surface area contributed by atoms with E-state index in [1.165, 1.54) is 11.1 Å². The van der Waals surface area contributed by atoms with E-state index in [9.17, 15) is 0 Å². The summed E-state index contributed by atoms with van der Waals surface area (Å²) in [7, 11) is 0. The van der Waals surface area contributed by atoms with Crippen molar-refractivity contribution in [3.05, 3.63) is 34.9 Å². The molecule has 2 heteroatoms. The summed E-state index contributed by atoms with van der Waals surface area (Å²) in [4.78, 5) is 0. The predicted molar refractivity (Wildman–Crippen MR) is 47.0 cm³/mol. The van der Waals surface area contributed by atoms with Gasteiger partial charge in [-0.15, -0.1) is 0 Å². The Morgan fingerprint density at radius 2 is 1.45 bits per heavy atom. The topological polar surface area (TPSA) is 52.0 Å². The van der Waals surface area contributed by atoms with Crippen LogP contribution in [0.5, 0.6) is 0 Å². The maximum Gasteiger partial charge on any atom is 0.0784 e. The molecule has 0 aromatic heterocycles. The molecule has 0 unspecified atom stereocenters. The molecule has 0 aliphatic carbocycles. The van der Waals surface area contributed by atoms with Crippen LogP contribution in [0.15, 0.2) is 18.2 Å². The van der Waals surface area contributed by atoms with Crippen molar-refractivity contribution < 1.29 is 0 Å². The average Bonchev–Trinajstić information content (AvgIpc) is 1.85. The lowest BCUT2D eigenvalue weighted by Crippen LogP contribution is -2.20. The van der Waals surface area contributed by atoms with Crippen molar-refractivity contribution in [2.24, 2.45) is 11.5 Å². The van der Waals surface area contributed by atoms with Crippen LogP contribution in [0.2, 0.25) is 0 Å². The molecule has 0 aliphatic heterocycles. The lowest BCUT2D eigenvalue weighted by Gasteiger charge is -2.07. The minimum Gasteiger partial charge on any atom is -0.312 e. The average molecular weight is 150 g/mol. The van der Waals surface area contributed by atoms with Crippen molar-refractivity contribution in [3.8, 4) is 0 Å². The Hall–Kier alpha value is -0.860. The Morgan fingerprint density at radius 1 is 1.00 bits per heavy atom. The molecule has 2 nitrogen and oxygen atoms in total. The van der Waals surface area contributed by atoms with Crippen molar-refractivity contribution in [3.63, 3.8) is 0 Å². The minimum absolute atomic E-state index is 0.353. The van der Waals surface area contributed by atoms with Crippen molar-refractivity contribution in [2.45, 2.75) is 20.0 Å².